The average Bonchev–Trinajstić information content (AvgIpc) is 3.11. The van der Waals surface area contributed by atoms with E-state index in [0.29, 0.717) is 24.1 Å². The van der Waals surface area contributed by atoms with E-state index in [4.69, 9.17) is 18.5 Å². The maximum absolute atomic E-state index is 12.6. The van der Waals surface area contributed by atoms with Crippen LogP contribution in [0.1, 0.15) is 155 Å². The summed E-state index contributed by atoms with van der Waals surface area (Å²) in [6.07, 6.45) is 45.4. The number of likely N-dealkylation sites (N-methyl/N-ethyl adjacent to an activating group) is 1. The smallest absolute Gasteiger partial charge is 0.457 e. The number of esters is 1. The lowest BCUT2D eigenvalue weighted by atomic mass is 10.0. The molecule has 0 radical (unpaired) electrons. The first-order valence-electron chi connectivity index (χ1n) is 21.0. The van der Waals surface area contributed by atoms with E-state index in [1.165, 1.54) is 77.0 Å². The molecule has 1 N–H and O–H groups in total. The van der Waals surface area contributed by atoms with Gasteiger partial charge in [0.05, 0.1) is 34.4 Å². The Morgan fingerprint density at radius 3 is 1.57 bits per heavy atom. The van der Waals surface area contributed by atoms with E-state index >= 15 is 0 Å². The average molecular weight is 767 g/mol. The van der Waals surface area contributed by atoms with E-state index < -0.39 is 13.9 Å². The normalized spacial score (nSPS) is 14.5. The number of carbonyl (C=O) groups excluding carboxylic acids is 1. The Balaban J connectivity index is 4.37. The molecule has 0 saturated heterocycles. The van der Waals surface area contributed by atoms with Crippen LogP contribution in [0.4, 0.5) is 0 Å². The highest BCUT2D eigenvalue weighted by molar-refractivity contribution is 7.47. The molecule has 0 heterocycles. The second kappa shape index (κ2) is 37.1. The molecule has 0 aliphatic rings. The summed E-state index contributed by atoms with van der Waals surface area (Å²) in [7, 11) is 1.63. The molecule has 0 aromatic heterocycles. The number of unbranched alkanes of at least 4 members (excludes halogenated alkanes) is 14. The summed E-state index contributed by atoms with van der Waals surface area (Å²) < 4.78 is 34.9. The molecule has 0 bridgehead atoms. The van der Waals surface area contributed by atoms with Gasteiger partial charge in [-0.3, -0.25) is 13.8 Å². The first kappa shape index (κ1) is 51.2. The Kier molecular flexibility index (Phi) is 35.9. The van der Waals surface area contributed by atoms with Crippen LogP contribution in [0.2, 0.25) is 0 Å². The predicted molar refractivity (Wildman–Crippen MR) is 224 cm³/mol. The number of phosphoric ester groups is 1. The number of nitrogens with zero attached hydrogens (tertiary/aromatic N) is 1. The summed E-state index contributed by atoms with van der Waals surface area (Å²) in [4.78, 5) is 22.8. The van der Waals surface area contributed by atoms with Crippen molar-refractivity contribution in [3.05, 3.63) is 60.8 Å². The van der Waals surface area contributed by atoms with E-state index in [2.05, 4.69) is 74.6 Å². The van der Waals surface area contributed by atoms with Crippen molar-refractivity contribution in [2.75, 3.05) is 54.1 Å². The fourth-order valence-electron chi connectivity index (χ4n) is 5.35. The minimum Gasteiger partial charge on any atom is -0.457 e. The lowest BCUT2D eigenvalue weighted by Crippen LogP contribution is -2.37. The number of carbonyl (C=O) groups is 1. The Hall–Kier alpha value is -1.80. The Labute approximate surface area is 326 Å². The molecule has 53 heavy (non-hydrogen) atoms. The molecule has 308 valence electrons. The zero-order valence-electron chi connectivity index (χ0n) is 34.7. The van der Waals surface area contributed by atoms with Gasteiger partial charge in [-0.25, -0.2) is 4.57 Å². The van der Waals surface area contributed by atoms with Gasteiger partial charge in [0.1, 0.15) is 19.3 Å². The van der Waals surface area contributed by atoms with Gasteiger partial charge in [-0.2, -0.15) is 0 Å². The van der Waals surface area contributed by atoms with Gasteiger partial charge in [0, 0.05) is 13.0 Å². The third-order valence-electron chi connectivity index (χ3n) is 8.59. The number of quaternary nitrogens is 1. The van der Waals surface area contributed by atoms with E-state index in [0.717, 1.165) is 51.4 Å². The number of hydrogen-bond acceptors (Lipinski definition) is 6. The van der Waals surface area contributed by atoms with Crippen LogP contribution in [0.5, 0.6) is 0 Å². The lowest BCUT2D eigenvalue weighted by Gasteiger charge is -2.24. The molecule has 0 aromatic rings. The first-order valence-corrected chi connectivity index (χ1v) is 22.5. The van der Waals surface area contributed by atoms with Crippen LogP contribution in [0, 0.1) is 0 Å². The standard InChI is InChI=1S/C44H80NO7P/c1-6-8-10-12-14-16-18-20-22-23-24-25-27-29-31-33-35-37-44(46)52-43(42-51-53(47,48)50-40-38-45(3,4)5)41-49-39-36-34-32-30-28-26-21-19-17-15-13-11-9-7-2/h8,10,14,16,20,22,24-25,29,31,43H,6-7,9,11-13,15,17-19,21,23,26-28,30,32-42H2,1-5H3/p+1/b10-8-,16-14-,22-20-,25-24-,31-29-. The van der Waals surface area contributed by atoms with Crippen LogP contribution in [0.15, 0.2) is 60.8 Å². The van der Waals surface area contributed by atoms with Crippen molar-refractivity contribution in [2.24, 2.45) is 0 Å². The fraction of sp³-hybridized carbons (Fsp3) is 0.750. The van der Waals surface area contributed by atoms with Gasteiger partial charge in [-0.05, 0) is 51.4 Å². The van der Waals surface area contributed by atoms with Gasteiger partial charge in [-0.15, -0.1) is 0 Å². The van der Waals surface area contributed by atoms with Crippen molar-refractivity contribution < 1.29 is 37.3 Å². The van der Waals surface area contributed by atoms with Crippen LogP contribution in [0.3, 0.4) is 0 Å². The highest BCUT2D eigenvalue weighted by Gasteiger charge is 2.26. The van der Waals surface area contributed by atoms with Gasteiger partial charge in [0.25, 0.3) is 0 Å². The van der Waals surface area contributed by atoms with Crippen molar-refractivity contribution in [1.82, 2.24) is 0 Å². The number of rotatable bonds is 38. The van der Waals surface area contributed by atoms with E-state index in [1.54, 1.807) is 0 Å². The molecule has 8 nitrogen and oxygen atoms in total. The van der Waals surface area contributed by atoms with Crippen molar-refractivity contribution in [1.29, 1.82) is 0 Å². The van der Waals surface area contributed by atoms with Crippen molar-refractivity contribution in [2.45, 2.75) is 161 Å². The fourth-order valence-corrected chi connectivity index (χ4v) is 6.09. The van der Waals surface area contributed by atoms with Gasteiger partial charge in [0.2, 0.25) is 0 Å². The minimum absolute atomic E-state index is 0.0765. The minimum atomic E-state index is -4.29. The predicted octanol–water partition coefficient (Wildman–Crippen LogP) is 12.2. The largest absolute Gasteiger partial charge is 0.472 e. The Morgan fingerprint density at radius 2 is 1.08 bits per heavy atom. The van der Waals surface area contributed by atoms with E-state index in [1.807, 2.05) is 21.1 Å². The van der Waals surface area contributed by atoms with Crippen LogP contribution in [-0.4, -0.2) is 75.6 Å². The molecular weight excluding hydrogens is 685 g/mol. The SMILES string of the molecule is CC/C=C\C/C=C\C/C=C\C/C=C\C/C=C\CCCC(=O)OC(COCCCCCCCCCCCCCCCC)COP(=O)(O)OCC[N+](C)(C)C. The Morgan fingerprint density at radius 1 is 0.604 bits per heavy atom. The molecule has 9 heteroatoms. The van der Waals surface area contributed by atoms with Crippen molar-refractivity contribution in [3.63, 3.8) is 0 Å². The second-order valence-corrected chi connectivity index (χ2v) is 16.4. The molecule has 0 amide bonds. The van der Waals surface area contributed by atoms with Crippen LogP contribution in [0.25, 0.3) is 0 Å². The summed E-state index contributed by atoms with van der Waals surface area (Å²) in [5.74, 6) is -0.371. The number of ether oxygens (including phenoxy) is 2. The zero-order valence-corrected chi connectivity index (χ0v) is 35.6. The monoisotopic (exact) mass is 767 g/mol. The summed E-state index contributed by atoms with van der Waals surface area (Å²) in [6, 6.07) is 0. The molecule has 0 aliphatic carbocycles. The Bertz CT molecular complexity index is 1030. The molecule has 0 rings (SSSR count). The molecule has 2 atom stereocenters. The van der Waals surface area contributed by atoms with Crippen LogP contribution in [-0.2, 0) is 27.9 Å². The second-order valence-electron chi connectivity index (χ2n) is 15.0. The van der Waals surface area contributed by atoms with Crippen LogP contribution < -0.4 is 0 Å². The summed E-state index contributed by atoms with van der Waals surface area (Å²) >= 11 is 0. The molecule has 0 aromatic carbocycles. The quantitative estimate of drug-likeness (QED) is 0.0220. The van der Waals surface area contributed by atoms with Crippen molar-refractivity contribution >= 4 is 13.8 Å². The number of hydrogen-bond donors (Lipinski definition) is 1. The molecular formula is C44H81NO7P+. The summed E-state index contributed by atoms with van der Waals surface area (Å²) in [5.41, 5.74) is 0. The van der Waals surface area contributed by atoms with Gasteiger partial charge in [-0.1, -0.05) is 158 Å². The molecule has 0 aliphatic heterocycles. The summed E-state index contributed by atoms with van der Waals surface area (Å²) in [6.45, 7) is 5.43. The molecule has 2 unspecified atom stereocenters. The highest BCUT2D eigenvalue weighted by Crippen LogP contribution is 2.43. The lowest BCUT2D eigenvalue weighted by molar-refractivity contribution is -0.870. The molecule has 0 saturated carbocycles. The molecule has 0 spiro atoms. The third kappa shape index (κ3) is 41.2. The zero-order chi connectivity index (χ0) is 39.1. The highest BCUT2D eigenvalue weighted by atomic mass is 31.2. The first-order chi connectivity index (χ1) is 25.6. The maximum Gasteiger partial charge on any atom is 0.472 e. The van der Waals surface area contributed by atoms with E-state index in [9.17, 15) is 14.3 Å². The van der Waals surface area contributed by atoms with Crippen molar-refractivity contribution in [3.8, 4) is 0 Å². The maximum atomic E-state index is 12.6. The van der Waals surface area contributed by atoms with Gasteiger partial charge < -0.3 is 18.9 Å². The summed E-state index contributed by atoms with van der Waals surface area (Å²) in [5, 5.41) is 0. The van der Waals surface area contributed by atoms with Crippen LogP contribution >= 0.6 is 7.82 Å². The van der Waals surface area contributed by atoms with Gasteiger partial charge >= 0.3 is 13.8 Å². The van der Waals surface area contributed by atoms with E-state index in [-0.39, 0.29) is 32.2 Å². The number of allylic oxidation sites excluding steroid dienone is 10. The third-order valence-corrected chi connectivity index (χ3v) is 9.58. The topological polar surface area (TPSA) is 91.3 Å². The number of phosphoric acid groups is 1. The molecule has 0 fully saturated rings. The van der Waals surface area contributed by atoms with Gasteiger partial charge in [0.15, 0.2) is 0 Å².